The van der Waals surface area contributed by atoms with Crippen LogP contribution in [0.25, 0.3) is 0 Å². The van der Waals surface area contributed by atoms with Crippen LogP contribution in [0.1, 0.15) is 22.3 Å². The molecular formula is C14H17NO2S. The Labute approximate surface area is 111 Å². The smallest absolute Gasteiger partial charge is 0.105 e. The lowest BCUT2D eigenvalue weighted by atomic mass is 10.2. The molecule has 2 aromatic rings. The average Bonchev–Trinajstić information content (AvgIpc) is 3.02. The van der Waals surface area contributed by atoms with Gasteiger partial charge in [0.25, 0.3) is 0 Å². The first-order valence-corrected chi connectivity index (χ1v) is 7.11. The zero-order valence-corrected chi connectivity index (χ0v) is 11.3. The van der Waals surface area contributed by atoms with Gasteiger partial charge in [0, 0.05) is 30.1 Å². The van der Waals surface area contributed by atoms with Crippen LogP contribution in [0.4, 0.5) is 0 Å². The Bertz CT molecular complexity index is 492. The molecule has 2 aromatic heterocycles. The van der Waals surface area contributed by atoms with Crippen molar-refractivity contribution in [1.82, 2.24) is 4.90 Å². The first-order chi connectivity index (χ1) is 8.83. The number of furan rings is 1. The molecule has 1 aliphatic heterocycles. The highest BCUT2D eigenvalue weighted by Crippen LogP contribution is 2.27. The second kappa shape index (κ2) is 5.26. The third-order valence-electron chi connectivity index (χ3n) is 3.37. The zero-order chi connectivity index (χ0) is 12.4. The molecule has 0 N–H and O–H groups in total. The maximum Gasteiger partial charge on any atom is 0.105 e. The van der Waals surface area contributed by atoms with Gasteiger partial charge in [-0.3, -0.25) is 4.90 Å². The SMILES string of the molecule is Cc1occc1CN1CCOC(c2cccs2)C1. The van der Waals surface area contributed by atoms with E-state index >= 15 is 0 Å². The molecule has 1 unspecified atom stereocenters. The summed E-state index contributed by atoms with van der Waals surface area (Å²) < 4.78 is 11.2. The van der Waals surface area contributed by atoms with Gasteiger partial charge in [-0.05, 0) is 24.4 Å². The van der Waals surface area contributed by atoms with Crippen LogP contribution in [-0.2, 0) is 11.3 Å². The topological polar surface area (TPSA) is 25.6 Å². The van der Waals surface area contributed by atoms with E-state index in [-0.39, 0.29) is 6.10 Å². The Morgan fingerprint density at radius 1 is 1.44 bits per heavy atom. The molecule has 3 nitrogen and oxygen atoms in total. The summed E-state index contributed by atoms with van der Waals surface area (Å²) >= 11 is 1.77. The molecule has 18 heavy (non-hydrogen) atoms. The zero-order valence-electron chi connectivity index (χ0n) is 10.5. The Kier molecular flexibility index (Phi) is 3.50. The fourth-order valence-corrected chi connectivity index (χ4v) is 3.07. The maximum absolute atomic E-state index is 5.85. The van der Waals surface area contributed by atoms with Crippen molar-refractivity contribution in [3.8, 4) is 0 Å². The van der Waals surface area contributed by atoms with Crippen molar-refractivity contribution < 1.29 is 9.15 Å². The van der Waals surface area contributed by atoms with Crippen molar-refractivity contribution in [2.75, 3.05) is 19.7 Å². The Hall–Kier alpha value is -1.10. The van der Waals surface area contributed by atoms with E-state index in [1.165, 1.54) is 10.4 Å². The summed E-state index contributed by atoms with van der Waals surface area (Å²) in [6.45, 7) is 5.73. The van der Waals surface area contributed by atoms with Crippen molar-refractivity contribution in [3.63, 3.8) is 0 Å². The van der Waals surface area contributed by atoms with Gasteiger partial charge in [-0.25, -0.2) is 0 Å². The van der Waals surface area contributed by atoms with Gasteiger partial charge in [0.2, 0.25) is 0 Å². The van der Waals surface area contributed by atoms with Crippen molar-refractivity contribution in [2.24, 2.45) is 0 Å². The number of nitrogens with zero attached hydrogens (tertiary/aromatic N) is 1. The van der Waals surface area contributed by atoms with E-state index in [4.69, 9.17) is 9.15 Å². The van der Waals surface area contributed by atoms with Crippen LogP contribution in [0.5, 0.6) is 0 Å². The maximum atomic E-state index is 5.85. The average molecular weight is 263 g/mol. The molecule has 0 bridgehead atoms. The van der Waals surface area contributed by atoms with E-state index in [0.717, 1.165) is 32.0 Å². The second-order valence-corrected chi connectivity index (χ2v) is 5.59. The molecule has 1 saturated heterocycles. The van der Waals surface area contributed by atoms with Gasteiger partial charge in [-0.15, -0.1) is 11.3 Å². The second-order valence-electron chi connectivity index (χ2n) is 4.61. The van der Waals surface area contributed by atoms with Crippen LogP contribution in [-0.4, -0.2) is 24.6 Å². The van der Waals surface area contributed by atoms with E-state index in [9.17, 15) is 0 Å². The van der Waals surface area contributed by atoms with E-state index in [1.54, 1.807) is 17.6 Å². The molecule has 1 atom stereocenters. The van der Waals surface area contributed by atoms with Crippen LogP contribution < -0.4 is 0 Å². The summed E-state index contributed by atoms with van der Waals surface area (Å²) in [5, 5.41) is 2.11. The summed E-state index contributed by atoms with van der Waals surface area (Å²) in [6.07, 6.45) is 1.99. The van der Waals surface area contributed by atoms with Crippen molar-refractivity contribution in [1.29, 1.82) is 0 Å². The van der Waals surface area contributed by atoms with Crippen molar-refractivity contribution >= 4 is 11.3 Å². The van der Waals surface area contributed by atoms with Crippen molar-refractivity contribution in [2.45, 2.75) is 19.6 Å². The fraction of sp³-hybridized carbons (Fsp3) is 0.429. The molecule has 4 heteroatoms. The highest BCUT2D eigenvalue weighted by atomic mass is 32.1. The summed E-state index contributed by atoms with van der Waals surface area (Å²) in [6, 6.07) is 6.30. The molecule has 0 aromatic carbocycles. The molecule has 0 radical (unpaired) electrons. The Morgan fingerprint density at radius 3 is 3.11 bits per heavy atom. The predicted octanol–water partition coefficient (Wildman–Crippen LogP) is 3.22. The van der Waals surface area contributed by atoms with Gasteiger partial charge in [0.05, 0.1) is 12.9 Å². The van der Waals surface area contributed by atoms with Gasteiger partial charge in [0.15, 0.2) is 0 Å². The van der Waals surface area contributed by atoms with Crippen LogP contribution >= 0.6 is 11.3 Å². The third kappa shape index (κ3) is 2.51. The molecule has 0 amide bonds. The lowest BCUT2D eigenvalue weighted by Gasteiger charge is -2.32. The number of rotatable bonds is 3. The van der Waals surface area contributed by atoms with Crippen molar-refractivity contribution in [3.05, 3.63) is 46.0 Å². The van der Waals surface area contributed by atoms with Gasteiger partial charge >= 0.3 is 0 Å². The van der Waals surface area contributed by atoms with E-state index in [0.29, 0.717) is 0 Å². The predicted molar refractivity (Wildman–Crippen MR) is 71.7 cm³/mol. The minimum atomic E-state index is 0.228. The van der Waals surface area contributed by atoms with Gasteiger partial charge in [-0.2, -0.15) is 0 Å². The highest BCUT2D eigenvalue weighted by molar-refractivity contribution is 7.10. The Balaban J connectivity index is 1.66. The molecule has 3 heterocycles. The first-order valence-electron chi connectivity index (χ1n) is 6.23. The van der Waals surface area contributed by atoms with Crippen LogP contribution in [0, 0.1) is 6.92 Å². The molecule has 1 aliphatic rings. The highest BCUT2D eigenvalue weighted by Gasteiger charge is 2.23. The minimum absolute atomic E-state index is 0.228. The molecule has 0 saturated carbocycles. The quantitative estimate of drug-likeness (QED) is 0.850. The van der Waals surface area contributed by atoms with E-state index < -0.39 is 0 Å². The van der Waals surface area contributed by atoms with E-state index in [1.807, 2.05) is 6.92 Å². The monoisotopic (exact) mass is 263 g/mol. The lowest BCUT2D eigenvalue weighted by Crippen LogP contribution is -2.37. The van der Waals surface area contributed by atoms with Gasteiger partial charge in [0.1, 0.15) is 11.9 Å². The summed E-state index contributed by atoms with van der Waals surface area (Å²) in [4.78, 5) is 3.76. The molecular weight excluding hydrogens is 246 g/mol. The normalized spacial score (nSPS) is 21.3. The number of thiophene rings is 1. The Morgan fingerprint density at radius 2 is 2.39 bits per heavy atom. The first kappa shape index (κ1) is 12.0. The number of morpholine rings is 1. The third-order valence-corrected chi connectivity index (χ3v) is 4.34. The largest absolute Gasteiger partial charge is 0.469 e. The molecule has 0 aliphatic carbocycles. The summed E-state index contributed by atoms with van der Waals surface area (Å²) in [7, 11) is 0. The summed E-state index contributed by atoms with van der Waals surface area (Å²) in [5.74, 6) is 1.02. The van der Waals surface area contributed by atoms with Gasteiger partial charge in [-0.1, -0.05) is 6.07 Å². The fourth-order valence-electron chi connectivity index (χ4n) is 2.31. The van der Waals surface area contributed by atoms with E-state index in [2.05, 4.69) is 28.5 Å². The number of aryl methyl sites for hydroxylation is 1. The molecule has 0 spiro atoms. The number of hydrogen-bond acceptors (Lipinski definition) is 4. The van der Waals surface area contributed by atoms with Gasteiger partial charge < -0.3 is 9.15 Å². The van der Waals surface area contributed by atoms with Crippen LogP contribution in [0.15, 0.2) is 34.3 Å². The van der Waals surface area contributed by atoms with Crippen LogP contribution in [0.2, 0.25) is 0 Å². The summed E-state index contributed by atoms with van der Waals surface area (Å²) in [5.41, 5.74) is 1.28. The number of ether oxygens (including phenoxy) is 1. The standard InChI is InChI=1S/C14H17NO2S/c1-11-12(4-6-16-11)9-15-5-7-17-13(10-15)14-3-2-8-18-14/h2-4,6,8,13H,5,7,9-10H2,1H3. The van der Waals surface area contributed by atoms with Crippen LogP contribution in [0.3, 0.4) is 0 Å². The lowest BCUT2D eigenvalue weighted by molar-refractivity contribution is -0.0312. The molecule has 1 fully saturated rings. The number of hydrogen-bond donors (Lipinski definition) is 0. The molecule has 96 valence electrons. The minimum Gasteiger partial charge on any atom is -0.469 e. The molecule has 3 rings (SSSR count).